The molecule has 0 aliphatic carbocycles. The van der Waals surface area contributed by atoms with Crippen molar-refractivity contribution in [2.75, 3.05) is 0 Å². The summed E-state index contributed by atoms with van der Waals surface area (Å²) in [4.78, 5) is 0. The molecule has 0 atom stereocenters. The number of aromatic amines is 1. The molecule has 88 valence electrons. The molecule has 1 aromatic heterocycles. The van der Waals surface area contributed by atoms with E-state index in [4.69, 9.17) is 0 Å². The molecule has 0 aliphatic heterocycles. The maximum atomic E-state index is 4.44. The van der Waals surface area contributed by atoms with E-state index in [1.54, 1.807) is 0 Å². The van der Waals surface area contributed by atoms with Crippen molar-refractivity contribution in [3.8, 4) is 22.5 Å². The van der Waals surface area contributed by atoms with Crippen LogP contribution in [-0.2, 0) is 0 Å². The first kappa shape index (κ1) is 10.8. The summed E-state index contributed by atoms with van der Waals surface area (Å²) in [6.45, 7) is 2.11. The van der Waals surface area contributed by atoms with Gasteiger partial charge in [-0.05, 0) is 12.5 Å². The number of nitrogens with one attached hydrogen (secondary N) is 1. The molecule has 0 amide bonds. The van der Waals surface area contributed by atoms with Gasteiger partial charge in [0.25, 0.3) is 0 Å². The van der Waals surface area contributed by atoms with Gasteiger partial charge in [0, 0.05) is 11.1 Å². The quantitative estimate of drug-likeness (QED) is 0.713. The first-order valence-electron chi connectivity index (χ1n) is 6.02. The molecule has 1 heterocycles. The molecule has 2 aromatic carbocycles. The highest BCUT2D eigenvalue weighted by Crippen LogP contribution is 2.28. The number of nitrogens with zero attached hydrogens (tertiary/aromatic N) is 1. The second-order valence-corrected chi connectivity index (χ2v) is 4.30. The van der Waals surface area contributed by atoms with Crippen LogP contribution in [0.2, 0.25) is 0 Å². The molecule has 3 aromatic rings. The van der Waals surface area contributed by atoms with Crippen molar-refractivity contribution in [1.82, 2.24) is 10.2 Å². The molecule has 2 nitrogen and oxygen atoms in total. The number of aromatic nitrogens is 2. The third kappa shape index (κ3) is 1.82. The molecule has 0 aliphatic rings. The van der Waals surface area contributed by atoms with E-state index >= 15 is 0 Å². The van der Waals surface area contributed by atoms with Gasteiger partial charge < -0.3 is 0 Å². The maximum Gasteiger partial charge on any atom is 0.0956 e. The average molecular weight is 235 g/mol. The van der Waals surface area contributed by atoms with Crippen molar-refractivity contribution >= 4 is 0 Å². The van der Waals surface area contributed by atoms with Crippen LogP contribution in [0.3, 0.4) is 0 Å². The van der Waals surface area contributed by atoms with Crippen molar-refractivity contribution in [3.63, 3.8) is 0 Å². The van der Waals surface area contributed by atoms with Gasteiger partial charge in [-0.15, -0.1) is 0 Å². The normalized spacial score (nSPS) is 10.5. The van der Waals surface area contributed by atoms with Crippen LogP contribution in [0.1, 0.15) is 5.56 Å². The molecular formula is C16H14N2. The first-order valence-corrected chi connectivity index (χ1v) is 6.02. The third-order valence-electron chi connectivity index (χ3n) is 3.12. The molecule has 0 fully saturated rings. The van der Waals surface area contributed by atoms with E-state index in [1.807, 2.05) is 36.4 Å². The number of hydrogen-bond donors (Lipinski definition) is 1. The molecule has 0 bridgehead atoms. The van der Waals surface area contributed by atoms with Gasteiger partial charge >= 0.3 is 0 Å². The molecule has 0 saturated carbocycles. The van der Waals surface area contributed by atoms with E-state index in [-0.39, 0.29) is 0 Å². The van der Waals surface area contributed by atoms with Gasteiger partial charge in [-0.25, -0.2) is 0 Å². The van der Waals surface area contributed by atoms with Gasteiger partial charge in [-0.2, -0.15) is 5.10 Å². The van der Waals surface area contributed by atoms with E-state index in [2.05, 4.69) is 41.4 Å². The Labute approximate surface area is 106 Å². The highest BCUT2D eigenvalue weighted by molar-refractivity contribution is 5.73. The monoisotopic (exact) mass is 235 g/mol. The summed E-state index contributed by atoms with van der Waals surface area (Å²) in [5.74, 6) is 0. The molecule has 1 N–H and O–H groups in total. The molecule has 0 saturated heterocycles. The van der Waals surface area contributed by atoms with Crippen LogP contribution in [-0.4, -0.2) is 10.2 Å². The van der Waals surface area contributed by atoms with Gasteiger partial charge in [0.2, 0.25) is 0 Å². The van der Waals surface area contributed by atoms with Gasteiger partial charge in [0.15, 0.2) is 0 Å². The standard InChI is InChI=1S/C16H14N2/c1-12-15(13-8-4-2-5-9-13)17-18-16(12)14-10-6-3-7-11-14/h2-11H,1H3,(H,17,18)/i15+1. The zero-order valence-corrected chi connectivity index (χ0v) is 10.2. The van der Waals surface area contributed by atoms with Crippen LogP contribution in [0, 0.1) is 6.92 Å². The minimum Gasteiger partial charge on any atom is -0.277 e. The highest BCUT2D eigenvalue weighted by Gasteiger charge is 2.11. The third-order valence-corrected chi connectivity index (χ3v) is 3.12. The zero-order chi connectivity index (χ0) is 12.4. The summed E-state index contributed by atoms with van der Waals surface area (Å²) in [6, 6.07) is 20.5. The van der Waals surface area contributed by atoms with Gasteiger partial charge in [-0.3, -0.25) is 5.10 Å². The van der Waals surface area contributed by atoms with Crippen molar-refractivity contribution in [1.29, 1.82) is 0 Å². The fourth-order valence-electron chi connectivity index (χ4n) is 2.16. The largest absolute Gasteiger partial charge is 0.277 e. The van der Waals surface area contributed by atoms with Crippen molar-refractivity contribution in [2.24, 2.45) is 0 Å². The second kappa shape index (κ2) is 4.49. The average Bonchev–Trinajstić information content (AvgIpc) is 2.83. The molecule has 0 unspecified atom stereocenters. The molecule has 0 spiro atoms. The van der Waals surface area contributed by atoms with E-state index in [0.717, 1.165) is 17.0 Å². The highest BCUT2D eigenvalue weighted by atomic mass is 15.2. The Morgan fingerprint density at radius 2 is 1.33 bits per heavy atom. The lowest BCUT2D eigenvalue weighted by atomic mass is 10.1. The molecule has 2 heteroatoms. The number of H-pyrrole nitrogens is 1. The Kier molecular flexibility index (Phi) is 2.69. The van der Waals surface area contributed by atoms with Crippen LogP contribution >= 0.6 is 0 Å². The minimum absolute atomic E-state index is 1.02. The fraction of sp³-hybridized carbons (Fsp3) is 0.0625. The summed E-state index contributed by atoms with van der Waals surface area (Å²) in [7, 11) is 0. The Bertz CT molecular complexity index is 582. The van der Waals surface area contributed by atoms with Crippen molar-refractivity contribution in [3.05, 3.63) is 66.2 Å². The summed E-state index contributed by atoms with van der Waals surface area (Å²) in [5, 5.41) is 7.58. The topological polar surface area (TPSA) is 28.7 Å². The predicted octanol–water partition coefficient (Wildman–Crippen LogP) is 4.05. The van der Waals surface area contributed by atoms with Crippen LogP contribution < -0.4 is 0 Å². The minimum atomic E-state index is 1.02. The van der Waals surface area contributed by atoms with Crippen LogP contribution in [0.4, 0.5) is 0 Å². The van der Waals surface area contributed by atoms with Crippen LogP contribution in [0.25, 0.3) is 22.5 Å². The summed E-state index contributed by atoms with van der Waals surface area (Å²) >= 11 is 0. The van der Waals surface area contributed by atoms with Crippen LogP contribution in [0.15, 0.2) is 60.7 Å². The summed E-state index contributed by atoms with van der Waals surface area (Å²) in [6.07, 6.45) is 0. The molecular weight excluding hydrogens is 221 g/mol. The Morgan fingerprint density at radius 3 is 1.94 bits per heavy atom. The molecule has 0 radical (unpaired) electrons. The summed E-state index contributed by atoms with van der Waals surface area (Å²) in [5.41, 5.74) is 5.62. The zero-order valence-electron chi connectivity index (χ0n) is 10.2. The van der Waals surface area contributed by atoms with Gasteiger partial charge in [0.1, 0.15) is 0 Å². The smallest absolute Gasteiger partial charge is 0.0956 e. The van der Waals surface area contributed by atoms with E-state index in [0.29, 0.717) is 0 Å². The van der Waals surface area contributed by atoms with Crippen LogP contribution in [0.5, 0.6) is 0 Å². The van der Waals surface area contributed by atoms with Crippen molar-refractivity contribution < 1.29 is 0 Å². The molecule has 18 heavy (non-hydrogen) atoms. The first-order chi connectivity index (χ1) is 8.86. The van der Waals surface area contributed by atoms with E-state index in [9.17, 15) is 0 Å². The summed E-state index contributed by atoms with van der Waals surface area (Å²) < 4.78 is 0. The lowest BCUT2D eigenvalue weighted by molar-refractivity contribution is 1.10. The number of hydrogen-bond acceptors (Lipinski definition) is 1. The lowest BCUT2D eigenvalue weighted by Crippen LogP contribution is -1.81. The Hall–Kier alpha value is -2.35. The number of benzene rings is 2. The second-order valence-electron chi connectivity index (χ2n) is 4.30. The lowest BCUT2D eigenvalue weighted by Gasteiger charge is -2.00. The van der Waals surface area contributed by atoms with E-state index in [1.165, 1.54) is 11.1 Å². The van der Waals surface area contributed by atoms with Gasteiger partial charge in [0.05, 0.1) is 11.4 Å². The Balaban J connectivity index is 2.09. The SMILES string of the molecule is Cc1c(-c2ccccc2)[nH]n[13c]1-c1ccccc1. The Morgan fingerprint density at radius 1 is 0.778 bits per heavy atom. The molecule has 3 rings (SSSR count). The van der Waals surface area contributed by atoms with Crippen molar-refractivity contribution in [2.45, 2.75) is 6.92 Å². The van der Waals surface area contributed by atoms with Gasteiger partial charge in [-0.1, -0.05) is 60.7 Å². The fourth-order valence-corrected chi connectivity index (χ4v) is 2.16. The van der Waals surface area contributed by atoms with E-state index < -0.39 is 0 Å². The predicted molar refractivity (Wildman–Crippen MR) is 74.2 cm³/mol. The maximum absolute atomic E-state index is 4.44. The number of rotatable bonds is 2.